The number of fused-ring (bicyclic) bond motifs is 2. The Hall–Kier alpha value is -0.480. The van der Waals surface area contributed by atoms with Crippen molar-refractivity contribution in [1.29, 1.82) is 0 Å². The summed E-state index contributed by atoms with van der Waals surface area (Å²) in [6.07, 6.45) is 6.06. The minimum absolute atomic E-state index is 1.01. The fraction of sp³-hybridized carbons (Fsp3) is 0.857. The van der Waals surface area contributed by atoms with Crippen LogP contribution in [0.2, 0.25) is 0 Å². The monoisotopic (exact) mass is 263 g/mol. The summed E-state index contributed by atoms with van der Waals surface area (Å²) >= 11 is 1.58. The lowest BCUT2D eigenvalue weighted by molar-refractivity contribution is 0.0577. The normalized spacial score (nSPS) is 39.2. The van der Waals surface area contributed by atoms with Crippen LogP contribution in [0.15, 0.2) is 0 Å². The molecule has 0 radical (unpaired) electrons. The molecule has 1 aromatic heterocycles. The average molecular weight is 263 g/mol. The molecule has 4 aliphatic rings. The standard InChI is InChI=1S/C14H21N3S/c1-9-14(18-16-15-9)8-17-6-12-10-2-3-11(5-4-10)13(12)7-17/h10-13H,2-8H2,1H3/t10?,11?,12-,13+. The van der Waals surface area contributed by atoms with Crippen LogP contribution in [0.5, 0.6) is 0 Å². The Bertz CT molecular complexity index is 416. The van der Waals surface area contributed by atoms with E-state index < -0.39 is 0 Å². The molecule has 4 fully saturated rings. The lowest BCUT2D eigenvalue weighted by Gasteiger charge is -2.45. The van der Waals surface area contributed by atoms with Gasteiger partial charge in [-0.05, 0) is 67.8 Å². The fourth-order valence-corrected chi connectivity index (χ4v) is 5.34. The van der Waals surface area contributed by atoms with Crippen LogP contribution in [0.4, 0.5) is 0 Å². The molecule has 0 amide bonds. The summed E-state index contributed by atoms with van der Waals surface area (Å²) in [6, 6.07) is 0. The third-order valence-corrected chi connectivity index (χ3v) is 6.44. The first-order chi connectivity index (χ1) is 8.81. The van der Waals surface area contributed by atoms with Gasteiger partial charge >= 0.3 is 0 Å². The maximum atomic E-state index is 4.13. The Labute approximate surface area is 113 Å². The van der Waals surface area contributed by atoms with Gasteiger partial charge in [0.25, 0.3) is 0 Å². The molecule has 0 unspecified atom stereocenters. The molecule has 2 heterocycles. The smallest absolute Gasteiger partial charge is 0.0769 e. The Morgan fingerprint density at radius 3 is 2.22 bits per heavy atom. The van der Waals surface area contributed by atoms with Crippen LogP contribution < -0.4 is 0 Å². The van der Waals surface area contributed by atoms with Gasteiger partial charge in [0.1, 0.15) is 0 Å². The summed E-state index contributed by atoms with van der Waals surface area (Å²) in [7, 11) is 0. The lowest BCUT2D eigenvalue weighted by atomic mass is 9.60. The summed E-state index contributed by atoms with van der Waals surface area (Å²) in [5.74, 6) is 4.12. The van der Waals surface area contributed by atoms with Crippen molar-refractivity contribution in [3.8, 4) is 0 Å². The van der Waals surface area contributed by atoms with Crippen LogP contribution in [-0.2, 0) is 6.54 Å². The van der Waals surface area contributed by atoms with Crippen molar-refractivity contribution in [2.75, 3.05) is 13.1 Å². The van der Waals surface area contributed by atoms with E-state index in [2.05, 4.69) is 21.4 Å². The molecule has 3 saturated carbocycles. The van der Waals surface area contributed by atoms with Crippen molar-refractivity contribution in [2.24, 2.45) is 23.7 Å². The van der Waals surface area contributed by atoms with Crippen LogP contribution in [-0.4, -0.2) is 27.6 Å². The van der Waals surface area contributed by atoms with E-state index in [9.17, 15) is 0 Å². The van der Waals surface area contributed by atoms with Gasteiger partial charge in [-0.15, -0.1) is 5.10 Å². The first-order valence-electron chi connectivity index (χ1n) is 7.31. The van der Waals surface area contributed by atoms with Crippen molar-refractivity contribution in [1.82, 2.24) is 14.5 Å². The Balaban J connectivity index is 1.49. The van der Waals surface area contributed by atoms with Gasteiger partial charge in [-0.1, -0.05) is 4.49 Å². The average Bonchev–Trinajstić information content (AvgIpc) is 2.99. The zero-order valence-corrected chi connectivity index (χ0v) is 11.8. The summed E-state index contributed by atoms with van der Waals surface area (Å²) in [4.78, 5) is 4.05. The summed E-state index contributed by atoms with van der Waals surface area (Å²) in [5, 5.41) is 4.13. The highest BCUT2D eigenvalue weighted by molar-refractivity contribution is 7.05. The number of hydrogen-bond acceptors (Lipinski definition) is 4. The Morgan fingerprint density at radius 1 is 1.11 bits per heavy atom. The molecular weight excluding hydrogens is 242 g/mol. The Kier molecular flexibility index (Phi) is 2.69. The van der Waals surface area contributed by atoms with Crippen LogP contribution in [0.25, 0.3) is 0 Å². The molecule has 1 saturated heterocycles. The van der Waals surface area contributed by atoms with Gasteiger partial charge in [0.15, 0.2) is 0 Å². The highest BCUT2D eigenvalue weighted by Gasteiger charge is 2.47. The number of hydrogen-bond donors (Lipinski definition) is 0. The molecular formula is C14H21N3S. The van der Waals surface area contributed by atoms with E-state index in [0.29, 0.717) is 0 Å². The molecule has 2 bridgehead atoms. The molecule has 2 atom stereocenters. The van der Waals surface area contributed by atoms with Gasteiger partial charge < -0.3 is 0 Å². The minimum Gasteiger partial charge on any atom is -0.298 e. The van der Waals surface area contributed by atoms with E-state index in [4.69, 9.17) is 0 Å². The van der Waals surface area contributed by atoms with Crippen molar-refractivity contribution >= 4 is 11.5 Å². The van der Waals surface area contributed by atoms with Gasteiger partial charge in [-0.2, -0.15) is 0 Å². The number of rotatable bonds is 2. The van der Waals surface area contributed by atoms with Gasteiger partial charge in [-0.25, -0.2) is 0 Å². The number of nitrogens with zero attached hydrogens (tertiary/aromatic N) is 3. The van der Waals surface area contributed by atoms with E-state index in [1.807, 2.05) is 0 Å². The predicted molar refractivity (Wildman–Crippen MR) is 72.4 cm³/mol. The molecule has 5 rings (SSSR count). The molecule has 3 nitrogen and oxygen atoms in total. The van der Waals surface area contributed by atoms with Crippen LogP contribution >= 0.6 is 11.5 Å². The molecule has 98 valence electrons. The second-order valence-corrected chi connectivity index (χ2v) is 7.32. The third kappa shape index (κ3) is 1.73. The zero-order chi connectivity index (χ0) is 12.1. The van der Waals surface area contributed by atoms with Gasteiger partial charge in [0.05, 0.1) is 10.6 Å². The molecule has 4 heteroatoms. The highest BCUT2D eigenvalue weighted by Crippen LogP contribution is 2.52. The lowest BCUT2D eigenvalue weighted by Crippen LogP contribution is -2.38. The van der Waals surface area contributed by atoms with Crippen molar-refractivity contribution < 1.29 is 0 Å². The summed E-state index contributed by atoms with van der Waals surface area (Å²) in [5.41, 5.74) is 1.14. The summed E-state index contributed by atoms with van der Waals surface area (Å²) < 4.78 is 4.06. The zero-order valence-electron chi connectivity index (χ0n) is 11.0. The molecule has 3 aliphatic carbocycles. The third-order valence-electron chi connectivity index (χ3n) is 5.63. The maximum absolute atomic E-state index is 4.13. The number of likely N-dealkylation sites (tertiary alicyclic amines) is 1. The van der Waals surface area contributed by atoms with E-state index in [0.717, 1.165) is 35.9 Å². The van der Waals surface area contributed by atoms with Crippen molar-refractivity contribution in [3.05, 3.63) is 10.6 Å². The van der Waals surface area contributed by atoms with E-state index in [-0.39, 0.29) is 0 Å². The molecule has 0 aromatic carbocycles. The van der Waals surface area contributed by atoms with E-state index in [1.54, 1.807) is 11.5 Å². The number of aromatic nitrogens is 2. The molecule has 1 aliphatic heterocycles. The van der Waals surface area contributed by atoms with Gasteiger partial charge in [-0.3, -0.25) is 4.90 Å². The van der Waals surface area contributed by atoms with Crippen molar-refractivity contribution in [2.45, 2.75) is 39.2 Å². The quantitative estimate of drug-likeness (QED) is 0.821. The Morgan fingerprint density at radius 2 is 1.72 bits per heavy atom. The first-order valence-corrected chi connectivity index (χ1v) is 8.09. The molecule has 1 aromatic rings. The van der Waals surface area contributed by atoms with Crippen LogP contribution in [0.1, 0.15) is 36.3 Å². The van der Waals surface area contributed by atoms with E-state index >= 15 is 0 Å². The van der Waals surface area contributed by atoms with Crippen LogP contribution in [0.3, 0.4) is 0 Å². The first kappa shape index (κ1) is 11.4. The van der Waals surface area contributed by atoms with Crippen LogP contribution in [0, 0.1) is 30.6 Å². The second-order valence-electron chi connectivity index (χ2n) is 6.48. The largest absolute Gasteiger partial charge is 0.298 e. The predicted octanol–water partition coefficient (Wildman–Crippen LogP) is 2.71. The van der Waals surface area contributed by atoms with Gasteiger partial charge in [0, 0.05) is 19.6 Å². The highest BCUT2D eigenvalue weighted by atomic mass is 32.1. The topological polar surface area (TPSA) is 29.0 Å². The maximum Gasteiger partial charge on any atom is 0.0769 e. The minimum atomic E-state index is 1.01. The summed E-state index contributed by atoms with van der Waals surface area (Å²) in [6.45, 7) is 5.86. The van der Waals surface area contributed by atoms with Crippen molar-refractivity contribution in [3.63, 3.8) is 0 Å². The number of aryl methyl sites for hydroxylation is 1. The SMILES string of the molecule is Cc1nnsc1CN1C[C@@H]2C3CCC(CC3)[C@@H]2C1. The van der Waals surface area contributed by atoms with E-state index in [1.165, 1.54) is 43.6 Å². The fourth-order valence-electron chi connectivity index (χ4n) is 4.67. The van der Waals surface area contributed by atoms with Gasteiger partial charge in [0.2, 0.25) is 0 Å². The second kappa shape index (κ2) is 4.27. The molecule has 0 N–H and O–H groups in total. The molecule has 18 heavy (non-hydrogen) atoms. The molecule has 0 spiro atoms.